The zero-order valence-electron chi connectivity index (χ0n) is 30.7. The van der Waals surface area contributed by atoms with Gasteiger partial charge in [-0.15, -0.1) is 0 Å². The van der Waals surface area contributed by atoms with Crippen molar-refractivity contribution in [2.45, 2.75) is 0 Å². The van der Waals surface area contributed by atoms with E-state index in [9.17, 15) is 0 Å². The quantitative estimate of drug-likeness (QED) is 0.170. The molecule has 0 N–H and O–H groups in total. The molecule has 0 spiro atoms. The first kappa shape index (κ1) is 32.6. The summed E-state index contributed by atoms with van der Waals surface area (Å²) in [5, 5.41) is 2.09. The highest BCUT2D eigenvalue weighted by molar-refractivity contribution is 6.14. The van der Waals surface area contributed by atoms with Gasteiger partial charge in [-0.3, -0.25) is 0 Å². The summed E-state index contributed by atoms with van der Waals surface area (Å²) in [7, 11) is 0. The van der Waals surface area contributed by atoms with Crippen LogP contribution in [0, 0.1) is 0 Å². The molecular weight excluding hydrogens is 699 g/mol. The number of fused-ring (bicyclic) bond motifs is 5. The molecule has 6 nitrogen and oxygen atoms in total. The monoisotopic (exact) mass is 731 g/mol. The van der Waals surface area contributed by atoms with E-state index in [0.29, 0.717) is 17.5 Å². The molecule has 3 heterocycles. The minimum Gasteiger partial charge on any atom is -0.456 e. The third-order valence-electron chi connectivity index (χ3n) is 10.6. The van der Waals surface area contributed by atoms with Crippen LogP contribution in [0.15, 0.2) is 205 Å². The van der Waals surface area contributed by atoms with Crippen molar-refractivity contribution in [2.24, 2.45) is 0 Å². The number of rotatable bonds is 6. The van der Waals surface area contributed by atoms with E-state index >= 15 is 0 Å². The zero-order valence-corrected chi connectivity index (χ0v) is 30.7. The molecule has 6 heteroatoms. The Labute approximate surface area is 329 Å². The fourth-order valence-electron chi connectivity index (χ4n) is 8.01. The van der Waals surface area contributed by atoms with Gasteiger partial charge in [0.25, 0.3) is 0 Å². The average Bonchev–Trinajstić information content (AvgIpc) is 3.67. The molecule has 11 rings (SSSR count). The molecule has 0 radical (unpaired) electrons. The molecule has 0 bridgehead atoms. The Bertz CT molecular complexity index is 3020. The van der Waals surface area contributed by atoms with Crippen LogP contribution in [-0.2, 0) is 0 Å². The van der Waals surface area contributed by atoms with Crippen LogP contribution in [0.5, 0.6) is 0 Å². The maximum absolute atomic E-state index is 6.64. The van der Waals surface area contributed by atoms with E-state index in [1.165, 1.54) is 0 Å². The lowest BCUT2D eigenvalue weighted by atomic mass is 9.96. The summed E-state index contributed by atoms with van der Waals surface area (Å²) in [6, 6.07) is 69.3. The lowest BCUT2D eigenvalue weighted by molar-refractivity contribution is 0.669. The molecule has 0 amide bonds. The smallest absolute Gasteiger partial charge is 0.164 e. The van der Waals surface area contributed by atoms with Crippen molar-refractivity contribution in [1.82, 2.24) is 15.0 Å². The first-order valence-corrected chi connectivity index (χ1v) is 19.0. The largest absolute Gasteiger partial charge is 0.456 e. The molecule has 0 aliphatic carbocycles. The zero-order chi connectivity index (χ0) is 37.7. The van der Waals surface area contributed by atoms with Gasteiger partial charge in [-0.25, -0.2) is 15.0 Å². The Balaban J connectivity index is 1.07. The maximum atomic E-state index is 6.64. The Morgan fingerprint density at radius 1 is 0.333 bits per heavy atom. The number of furan rings is 1. The molecule has 2 aromatic heterocycles. The van der Waals surface area contributed by atoms with Crippen LogP contribution < -0.4 is 9.80 Å². The number of hydrogen-bond acceptors (Lipinski definition) is 6. The fraction of sp³-hybridized carbons (Fsp3) is 0. The van der Waals surface area contributed by atoms with Crippen LogP contribution in [0.4, 0.5) is 34.1 Å². The van der Waals surface area contributed by atoms with Crippen molar-refractivity contribution in [3.8, 4) is 45.3 Å². The standard InChI is InChI=1S/C51H33N5O/c1-5-16-34(17-6-1)49-52-50(35-18-7-2-8-19-35)54-51(53-49)37-28-30-41-47(33-37)57-46-27-15-24-40(48(41)46)36-29-31-44-45(32-36)56(39-22-11-4-12-23-39)43-26-14-13-25-42(43)55(44)38-20-9-3-10-21-38/h1-33H. The van der Waals surface area contributed by atoms with E-state index in [0.717, 1.165) is 83.9 Å². The Morgan fingerprint density at radius 2 is 0.825 bits per heavy atom. The van der Waals surface area contributed by atoms with Crippen molar-refractivity contribution in [3.63, 3.8) is 0 Å². The Morgan fingerprint density at radius 3 is 1.42 bits per heavy atom. The minimum absolute atomic E-state index is 0.587. The van der Waals surface area contributed by atoms with Gasteiger partial charge >= 0.3 is 0 Å². The molecule has 0 saturated carbocycles. The molecule has 1 aliphatic rings. The SMILES string of the molecule is c1ccc(-c2nc(-c3ccccc3)nc(-c3ccc4c(c3)oc3cccc(-c5ccc6c(c5)N(c5ccccc5)c5ccccc5N6c5ccccc5)c34)n2)cc1. The summed E-state index contributed by atoms with van der Waals surface area (Å²) in [5.74, 6) is 1.83. The molecule has 8 aromatic carbocycles. The molecular formula is C51H33N5O. The van der Waals surface area contributed by atoms with Crippen LogP contribution in [0.3, 0.4) is 0 Å². The second-order valence-electron chi connectivity index (χ2n) is 14.1. The van der Waals surface area contributed by atoms with Crippen molar-refractivity contribution in [1.29, 1.82) is 0 Å². The highest BCUT2D eigenvalue weighted by Gasteiger charge is 2.31. The lowest BCUT2D eigenvalue weighted by Gasteiger charge is -2.40. The summed E-state index contributed by atoms with van der Waals surface area (Å²) < 4.78 is 6.64. The predicted molar refractivity (Wildman–Crippen MR) is 232 cm³/mol. The molecule has 0 saturated heterocycles. The van der Waals surface area contributed by atoms with E-state index in [-0.39, 0.29) is 0 Å². The normalized spacial score (nSPS) is 12.1. The summed E-state index contributed by atoms with van der Waals surface area (Å²) in [6.07, 6.45) is 0. The van der Waals surface area contributed by atoms with Crippen LogP contribution in [-0.4, -0.2) is 15.0 Å². The van der Waals surface area contributed by atoms with Crippen molar-refractivity contribution >= 4 is 56.1 Å². The summed E-state index contributed by atoms with van der Waals surface area (Å²) in [6.45, 7) is 0. The van der Waals surface area contributed by atoms with Crippen molar-refractivity contribution in [3.05, 3.63) is 200 Å². The number of anilines is 6. The highest BCUT2D eigenvalue weighted by atomic mass is 16.3. The van der Waals surface area contributed by atoms with E-state index in [2.05, 4.69) is 143 Å². The molecule has 0 fully saturated rings. The van der Waals surface area contributed by atoms with E-state index in [4.69, 9.17) is 19.4 Å². The lowest BCUT2D eigenvalue weighted by Crippen LogP contribution is -2.24. The van der Waals surface area contributed by atoms with Crippen molar-refractivity contribution < 1.29 is 4.42 Å². The van der Waals surface area contributed by atoms with Gasteiger partial charge in [-0.1, -0.05) is 133 Å². The van der Waals surface area contributed by atoms with Gasteiger partial charge in [0.1, 0.15) is 11.2 Å². The highest BCUT2D eigenvalue weighted by Crippen LogP contribution is 2.55. The topological polar surface area (TPSA) is 58.3 Å². The number of nitrogens with zero attached hydrogens (tertiary/aromatic N) is 5. The third-order valence-corrected chi connectivity index (χ3v) is 10.6. The van der Waals surface area contributed by atoms with E-state index in [1.54, 1.807) is 0 Å². The number of benzene rings is 8. The van der Waals surface area contributed by atoms with Crippen LogP contribution in [0.1, 0.15) is 0 Å². The van der Waals surface area contributed by atoms with E-state index in [1.807, 2.05) is 66.7 Å². The average molecular weight is 732 g/mol. The van der Waals surface area contributed by atoms with Crippen molar-refractivity contribution in [2.75, 3.05) is 9.80 Å². The number of para-hydroxylation sites is 4. The van der Waals surface area contributed by atoms with E-state index < -0.39 is 0 Å². The van der Waals surface area contributed by atoms with Gasteiger partial charge in [0.05, 0.1) is 22.7 Å². The van der Waals surface area contributed by atoms with Crippen LogP contribution in [0.2, 0.25) is 0 Å². The molecule has 10 aromatic rings. The first-order valence-electron chi connectivity index (χ1n) is 19.0. The Hall–Kier alpha value is -7.83. The Kier molecular flexibility index (Phi) is 7.71. The van der Waals surface area contributed by atoms with Gasteiger partial charge in [-0.05, 0) is 77.9 Å². The van der Waals surface area contributed by atoms with Crippen LogP contribution in [0.25, 0.3) is 67.2 Å². The maximum Gasteiger partial charge on any atom is 0.164 e. The predicted octanol–water partition coefficient (Wildman–Crippen LogP) is 13.7. The molecule has 1 aliphatic heterocycles. The van der Waals surface area contributed by atoms with Gasteiger partial charge < -0.3 is 14.2 Å². The minimum atomic E-state index is 0.587. The summed E-state index contributed by atoms with van der Waals surface area (Å²) >= 11 is 0. The van der Waals surface area contributed by atoms with Gasteiger partial charge in [0, 0.05) is 38.8 Å². The molecule has 0 unspecified atom stereocenters. The number of aromatic nitrogens is 3. The second-order valence-corrected chi connectivity index (χ2v) is 14.1. The van der Waals surface area contributed by atoms with Gasteiger partial charge in [0.15, 0.2) is 17.5 Å². The molecule has 57 heavy (non-hydrogen) atoms. The second kappa shape index (κ2) is 13.5. The number of hydrogen-bond donors (Lipinski definition) is 0. The summed E-state index contributed by atoms with van der Waals surface area (Å²) in [5.41, 5.74) is 13.1. The molecule has 268 valence electrons. The van der Waals surface area contributed by atoms with Crippen LogP contribution >= 0.6 is 0 Å². The fourth-order valence-corrected chi connectivity index (χ4v) is 8.01. The van der Waals surface area contributed by atoms with Gasteiger partial charge in [0.2, 0.25) is 0 Å². The first-order chi connectivity index (χ1) is 28.3. The van der Waals surface area contributed by atoms with Gasteiger partial charge in [-0.2, -0.15) is 0 Å². The molecule has 0 atom stereocenters. The third kappa shape index (κ3) is 5.62. The summed E-state index contributed by atoms with van der Waals surface area (Å²) in [4.78, 5) is 19.5.